The van der Waals surface area contributed by atoms with Crippen LogP contribution in [0.15, 0.2) is 12.3 Å². The average Bonchev–Trinajstić information content (AvgIpc) is 3.12. The monoisotopic (exact) mass is 379 g/mol. The lowest BCUT2D eigenvalue weighted by Crippen LogP contribution is -2.43. The van der Waals surface area contributed by atoms with E-state index in [1.54, 1.807) is 12.3 Å². The van der Waals surface area contributed by atoms with Gasteiger partial charge in [0, 0.05) is 43.4 Å². The molecule has 144 valence electrons. The highest BCUT2D eigenvalue weighted by Gasteiger charge is 2.37. The van der Waals surface area contributed by atoms with E-state index in [1.165, 1.54) is 0 Å². The minimum Gasteiger partial charge on any atom is -0.384 e. The molecular weight excluding hydrogens is 358 g/mol. The summed E-state index contributed by atoms with van der Waals surface area (Å²) in [5.74, 6) is 1.94. The van der Waals surface area contributed by atoms with Gasteiger partial charge in [-0.05, 0) is 6.07 Å². The van der Waals surface area contributed by atoms with Gasteiger partial charge in [0.15, 0.2) is 0 Å². The van der Waals surface area contributed by atoms with Gasteiger partial charge in [0.2, 0.25) is 5.95 Å². The van der Waals surface area contributed by atoms with Crippen molar-refractivity contribution >= 4 is 17.6 Å². The Hall–Kier alpha value is -2.96. The number of pyridine rings is 1. The maximum atomic E-state index is 9.64. The summed E-state index contributed by atoms with van der Waals surface area (Å²) >= 11 is 0. The molecule has 0 aliphatic carbocycles. The highest BCUT2D eigenvalue weighted by molar-refractivity contribution is 5.77. The largest absolute Gasteiger partial charge is 0.384 e. The van der Waals surface area contributed by atoms with E-state index in [2.05, 4.69) is 20.9 Å². The zero-order chi connectivity index (χ0) is 19.1. The summed E-state index contributed by atoms with van der Waals surface area (Å²) in [6, 6.07) is 4.09. The molecule has 5 heterocycles. The van der Waals surface area contributed by atoms with E-state index in [0.717, 1.165) is 43.1 Å². The number of fused-ring (bicyclic) bond motifs is 3. The number of rotatable bonds is 2. The molecule has 0 spiro atoms. The van der Waals surface area contributed by atoms with Crippen molar-refractivity contribution in [2.24, 2.45) is 0 Å². The van der Waals surface area contributed by atoms with Crippen molar-refractivity contribution in [1.82, 2.24) is 15.0 Å². The average molecular weight is 379 g/mol. The van der Waals surface area contributed by atoms with Crippen LogP contribution in [0.5, 0.6) is 0 Å². The Morgan fingerprint density at radius 1 is 1.14 bits per heavy atom. The lowest BCUT2D eigenvalue weighted by molar-refractivity contribution is 0.0974. The molecule has 9 heteroatoms. The number of ether oxygens (including phenoxy) is 2. The maximum Gasteiger partial charge on any atom is 0.228 e. The molecule has 3 aliphatic rings. The molecule has 0 amide bonds. The Bertz CT molecular complexity index is 952. The molecule has 0 saturated carbocycles. The first-order valence-electron chi connectivity index (χ1n) is 9.48. The van der Waals surface area contributed by atoms with Crippen molar-refractivity contribution in [2.45, 2.75) is 12.5 Å². The van der Waals surface area contributed by atoms with Crippen molar-refractivity contribution in [3.63, 3.8) is 0 Å². The Labute approximate surface area is 162 Å². The molecule has 28 heavy (non-hydrogen) atoms. The molecule has 5 rings (SSSR count). The Morgan fingerprint density at radius 2 is 1.96 bits per heavy atom. The molecule has 9 nitrogen and oxygen atoms in total. The Morgan fingerprint density at radius 3 is 2.79 bits per heavy atom. The minimum absolute atomic E-state index is 0.254. The van der Waals surface area contributed by atoms with Crippen LogP contribution >= 0.6 is 0 Å². The van der Waals surface area contributed by atoms with Gasteiger partial charge in [-0.2, -0.15) is 10.2 Å². The topological polar surface area (TPSA) is 113 Å². The maximum absolute atomic E-state index is 9.64. The van der Waals surface area contributed by atoms with Crippen LogP contribution in [0.1, 0.15) is 11.1 Å². The number of nitrogens with two attached hydrogens (primary N) is 1. The number of hydrogen-bond acceptors (Lipinski definition) is 9. The van der Waals surface area contributed by atoms with Gasteiger partial charge < -0.3 is 25.0 Å². The summed E-state index contributed by atoms with van der Waals surface area (Å²) in [6.45, 7) is 4.97. The highest BCUT2D eigenvalue weighted by atomic mass is 16.5. The zero-order valence-corrected chi connectivity index (χ0v) is 15.5. The van der Waals surface area contributed by atoms with Crippen molar-refractivity contribution < 1.29 is 9.47 Å². The van der Waals surface area contributed by atoms with Gasteiger partial charge >= 0.3 is 0 Å². The van der Waals surface area contributed by atoms with E-state index in [-0.39, 0.29) is 6.04 Å². The van der Waals surface area contributed by atoms with E-state index in [0.29, 0.717) is 49.3 Å². The zero-order valence-electron chi connectivity index (χ0n) is 15.5. The van der Waals surface area contributed by atoms with Gasteiger partial charge in [0.25, 0.3) is 0 Å². The number of hydrogen-bond donors (Lipinski definition) is 1. The number of aromatic nitrogens is 3. The Kier molecular flexibility index (Phi) is 4.22. The van der Waals surface area contributed by atoms with E-state index >= 15 is 0 Å². The predicted octanol–water partition coefficient (Wildman–Crippen LogP) is 0.590. The van der Waals surface area contributed by atoms with Gasteiger partial charge in [-0.15, -0.1) is 0 Å². The number of nitriles is 1. The lowest BCUT2D eigenvalue weighted by Gasteiger charge is -2.32. The first-order chi connectivity index (χ1) is 13.7. The predicted molar refractivity (Wildman–Crippen MR) is 103 cm³/mol. The summed E-state index contributed by atoms with van der Waals surface area (Å²) in [4.78, 5) is 18.5. The van der Waals surface area contributed by atoms with Crippen LogP contribution in [-0.4, -0.2) is 67.1 Å². The third-order valence-corrected chi connectivity index (χ3v) is 5.51. The summed E-state index contributed by atoms with van der Waals surface area (Å²) in [7, 11) is 0. The van der Waals surface area contributed by atoms with Crippen molar-refractivity contribution in [1.29, 1.82) is 5.26 Å². The molecule has 0 aromatic carbocycles. The molecule has 2 aromatic rings. The fraction of sp³-hybridized carbons (Fsp3) is 0.474. The number of nitrogen functional groups attached to an aromatic ring is 1. The van der Waals surface area contributed by atoms with Crippen molar-refractivity contribution in [3.8, 4) is 17.3 Å². The normalized spacial score (nSPS) is 21.2. The van der Waals surface area contributed by atoms with Crippen LogP contribution < -0.4 is 15.5 Å². The molecule has 2 saturated heterocycles. The molecule has 0 bridgehead atoms. The van der Waals surface area contributed by atoms with E-state index in [1.807, 2.05) is 0 Å². The number of nitrogens with zero attached hydrogens (tertiary/aromatic N) is 6. The van der Waals surface area contributed by atoms with E-state index in [4.69, 9.17) is 25.2 Å². The lowest BCUT2D eigenvalue weighted by atomic mass is 10.0. The van der Waals surface area contributed by atoms with Gasteiger partial charge in [0.05, 0.1) is 43.7 Å². The van der Waals surface area contributed by atoms with Crippen LogP contribution in [0.2, 0.25) is 0 Å². The van der Waals surface area contributed by atoms with E-state index < -0.39 is 0 Å². The van der Waals surface area contributed by atoms with E-state index in [9.17, 15) is 5.26 Å². The summed E-state index contributed by atoms with van der Waals surface area (Å²) < 4.78 is 11.1. The SMILES string of the molecule is N#Cc1cc(N)ncc1-c1nc(N2CCOCC2)nc2c1C[C@H]1COCCN21. The third kappa shape index (κ3) is 2.82. The quantitative estimate of drug-likeness (QED) is 0.801. The number of morpholine rings is 2. The van der Waals surface area contributed by atoms with Gasteiger partial charge in [0.1, 0.15) is 17.7 Å². The molecule has 0 unspecified atom stereocenters. The fourth-order valence-electron chi connectivity index (χ4n) is 4.10. The van der Waals surface area contributed by atoms with Crippen molar-refractivity contribution in [2.75, 3.05) is 61.6 Å². The highest BCUT2D eigenvalue weighted by Crippen LogP contribution is 2.40. The van der Waals surface area contributed by atoms with Crippen molar-refractivity contribution in [3.05, 3.63) is 23.4 Å². The van der Waals surface area contributed by atoms with Crippen LogP contribution in [0.3, 0.4) is 0 Å². The molecule has 2 aromatic heterocycles. The summed E-state index contributed by atoms with van der Waals surface area (Å²) in [5.41, 5.74) is 8.79. The van der Waals surface area contributed by atoms with Gasteiger partial charge in [-0.1, -0.05) is 0 Å². The molecule has 2 fully saturated rings. The van der Waals surface area contributed by atoms with Crippen LogP contribution in [0.25, 0.3) is 11.3 Å². The fourth-order valence-corrected chi connectivity index (χ4v) is 4.10. The second-order valence-electron chi connectivity index (χ2n) is 7.17. The van der Waals surface area contributed by atoms with Crippen LogP contribution in [0, 0.1) is 11.3 Å². The first kappa shape index (κ1) is 17.2. The first-order valence-corrected chi connectivity index (χ1v) is 9.48. The third-order valence-electron chi connectivity index (χ3n) is 5.51. The smallest absolute Gasteiger partial charge is 0.228 e. The van der Waals surface area contributed by atoms with Crippen LogP contribution in [0.4, 0.5) is 17.6 Å². The number of anilines is 3. The summed E-state index contributed by atoms with van der Waals surface area (Å²) in [5, 5.41) is 9.64. The molecule has 0 radical (unpaired) electrons. The second kappa shape index (κ2) is 6.89. The van der Waals surface area contributed by atoms with Gasteiger partial charge in [-0.3, -0.25) is 0 Å². The minimum atomic E-state index is 0.254. The molecular formula is C19H21N7O2. The summed E-state index contributed by atoms with van der Waals surface area (Å²) in [6.07, 6.45) is 2.44. The molecule has 2 N–H and O–H groups in total. The molecule has 1 atom stereocenters. The van der Waals surface area contributed by atoms with Gasteiger partial charge in [-0.25, -0.2) is 9.97 Å². The second-order valence-corrected chi connectivity index (χ2v) is 7.17. The Balaban J connectivity index is 1.68. The molecule has 3 aliphatic heterocycles. The standard InChI is InChI=1S/C19H21N7O2/c20-9-12-7-16(21)22-10-15(12)17-14-8-13-11-28-6-3-26(13)18(14)24-19(23-17)25-1-4-27-5-2-25/h7,10,13H,1-6,8,11H2,(H2,21,22)/t13-/m0/s1. The van der Waals surface area contributed by atoms with Crippen LogP contribution in [-0.2, 0) is 15.9 Å².